The molecule has 0 spiro atoms. The molecule has 34 heavy (non-hydrogen) atoms. The quantitative estimate of drug-likeness (QED) is 0.475. The number of hydrogen-bond acceptors (Lipinski definition) is 4. The van der Waals surface area contributed by atoms with Gasteiger partial charge in [0.2, 0.25) is 0 Å². The molecule has 1 aromatic heterocycles. The Hall–Kier alpha value is -3.77. The molecule has 0 aliphatic carbocycles. The molecule has 1 aliphatic heterocycles. The highest BCUT2D eigenvalue weighted by Gasteiger charge is 2.24. The van der Waals surface area contributed by atoms with Crippen molar-refractivity contribution in [3.63, 3.8) is 0 Å². The van der Waals surface area contributed by atoms with Gasteiger partial charge in [0.05, 0.1) is 22.6 Å². The van der Waals surface area contributed by atoms with Gasteiger partial charge in [-0.1, -0.05) is 42.5 Å². The fourth-order valence-corrected chi connectivity index (χ4v) is 4.79. The lowest BCUT2D eigenvalue weighted by atomic mass is 10.1. The lowest BCUT2D eigenvalue weighted by Crippen LogP contribution is -2.36. The van der Waals surface area contributed by atoms with E-state index in [-0.39, 0.29) is 17.5 Å². The van der Waals surface area contributed by atoms with Crippen molar-refractivity contribution in [2.24, 2.45) is 0 Å². The van der Waals surface area contributed by atoms with Crippen molar-refractivity contribution >= 4 is 16.8 Å². The smallest absolute Gasteiger partial charge is 0.265 e. The number of aromatic nitrogens is 2. The fraction of sp³-hybridized carbons (Fsp3) is 0.250. The second-order valence-electron chi connectivity index (χ2n) is 8.74. The highest BCUT2D eigenvalue weighted by molar-refractivity contribution is 5.94. The van der Waals surface area contributed by atoms with Crippen molar-refractivity contribution in [2.45, 2.75) is 25.8 Å². The first-order valence-electron chi connectivity index (χ1n) is 11.8. The number of benzene rings is 3. The zero-order valence-corrected chi connectivity index (χ0v) is 19.3. The minimum absolute atomic E-state index is 0.114. The lowest BCUT2D eigenvalue weighted by molar-refractivity contribution is 0.0938. The van der Waals surface area contributed by atoms with Crippen LogP contribution in [-0.2, 0) is 0 Å². The SMILES string of the molecule is Cc1nc2ccccc2c(=O)n1-c1ccc(C(=O)NC[C@H](c2ccccc2)N2CCCC2)cc1. The van der Waals surface area contributed by atoms with Gasteiger partial charge in [0.1, 0.15) is 5.82 Å². The van der Waals surface area contributed by atoms with Gasteiger partial charge in [0.25, 0.3) is 11.5 Å². The van der Waals surface area contributed by atoms with E-state index in [2.05, 4.69) is 27.3 Å². The number of rotatable bonds is 6. The zero-order chi connectivity index (χ0) is 23.5. The van der Waals surface area contributed by atoms with Crippen LogP contribution in [0.1, 0.15) is 40.6 Å². The summed E-state index contributed by atoms with van der Waals surface area (Å²) in [4.78, 5) is 33.0. The van der Waals surface area contributed by atoms with Crippen LogP contribution in [-0.4, -0.2) is 40.0 Å². The van der Waals surface area contributed by atoms with E-state index in [0.717, 1.165) is 13.1 Å². The first-order valence-corrected chi connectivity index (χ1v) is 11.8. The summed E-state index contributed by atoms with van der Waals surface area (Å²) < 4.78 is 1.59. The number of likely N-dealkylation sites (tertiary alicyclic amines) is 1. The van der Waals surface area contributed by atoms with Crippen molar-refractivity contribution in [2.75, 3.05) is 19.6 Å². The molecule has 0 saturated carbocycles. The molecule has 6 nitrogen and oxygen atoms in total. The van der Waals surface area contributed by atoms with Gasteiger partial charge in [-0.05, 0) is 74.8 Å². The second-order valence-corrected chi connectivity index (χ2v) is 8.74. The largest absolute Gasteiger partial charge is 0.350 e. The minimum Gasteiger partial charge on any atom is -0.350 e. The van der Waals surface area contributed by atoms with Crippen LogP contribution in [0, 0.1) is 6.92 Å². The second kappa shape index (κ2) is 9.61. The van der Waals surface area contributed by atoms with Crippen LogP contribution in [0.5, 0.6) is 0 Å². The maximum atomic E-state index is 13.0. The van der Waals surface area contributed by atoms with Crippen LogP contribution in [0.3, 0.4) is 0 Å². The van der Waals surface area contributed by atoms with Crippen molar-refractivity contribution in [1.82, 2.24) is 19.8 Å². The first-order chi connectivity index (χ1) is 16.6. The summed E-state index contributed by atoms with van der Waals surface area (Å²) in [5.41, 5.74) is 3.05. The Balaban J connectivity index is 1.34. The predicted octanol–water partition coefficient (Wildman–Crippen LogP) is 4.26. The van der Waals surface area contributed by atoms with Crippen molar-refractivity contribution in [3.8, 4) is 5.69 Å². The van der Waals surface area contributed by atoms with Crippen molar-refractivity contribution < 1.29 is 4.79 Å². The van der Waals surface area contributed by atoms with E-state index in [1.54, 1.807) is 34.9 Å². The Morgan fingerprint density at radius 3 is 2.35 bits per heavy atom. The average Bonchev–Trinajstić information content (AvgIpc) is 3.40. The van der Waals surface area contributed by atoms with Gasteiger partial charge in [-0.2, -0.15) is 0 Å². The highest BCUT2D eigenvalue weighted by atomic mass is 16.1. The third kappa shape index (κ3) is 4.37. The Kier molecular flexibility index (Phi) is 6.23. The molecule has 4 aromatic rings. The summed E-state index contributed by atoms with van der Waals surface area (Å²) >= 11 is 0. The Labute approximate surface area is 198 Å². The van der Waals surface area contributed by atoms with E-state index < -0.39 is 0 Å². The number of amides is 1. The molecule has 6 heteroatoms. The Morgan fingerprint density at radius 2 is 1.62 bits per heavy atom. The maximum Gasteiger partial charge on any atom is 0.265 e. The molecule has 0 unspecified atom stereocenters. The monoisotopic (exact) mass is 452 g/mol. The fourth-order valence-electron chi connectivity index (χ4n) is 4.79. The number of nitrogens with one attached hydrogen (secondary N) is 1. The number of aryl methyl sites for hydroxylation is 1. The molecule has 3 aromatic carbocycles. The molecule has 1 aliphatic rings. The van der Waals surface area contributed by atoms with E-state index in [1.165, 1.54) is 18.4 Å². The molecule has 1 saturated heterocycles. The lowest BCUT2D eigenvalue weighted by Gasteiger charge is -2.28. The van der Waals surface area contributed by atoms with Gasteiger partial charge in [-0.3, -0.25) is 19.1 Å². The third-order valence-electron chi connectivity index (χ3n) is 6.55. The molecule has 5 rings (SSSR count). The van der Waals surface area contributed by atoms with E-state index in [1.807, 2.05) is 43.3 Å². The Bertz CT molecular complexity index is 1360. The van der Waals surface area contributed by atoms with Gasteiger partial charge in [0, 0.05) is 12.1 Å². The molecular formula is C28H28N4O2. The van der Waals surface area contributed by atoms with Gasteiger partial charge in [-0.15, -0.1) is 0 Å². The van der Waals surface area contributed by atoms with E-state index in [9.17, 15) is 9.59 Å². The summed E-state index contributed by atoms with van der Waals surface area (Å²) in [5.74, 6) is 0.490. The van der Waals surface area contributed by atoms with Gasteiger partial charge >= 0.3 is 0 Å². The van der Waals surface area contributed by atoms with Crippen molar-refractivity contribution in [1.29, 1.82) is 0 Å². The van der Waals surface area contributed by atoms with Gasteiger partial charge < -0.3 is 5.32 Å². The van der Waals surface area contributed by atoms with Crippen LogP contribution in [0.4, 0.5) is 0 Å². The van der Waals surface area contributed by atoms with Crippen LogP contribution >= 0.6 is 0 Å². The van der Waals surface area contributed by atoms with E-state index in [4.69, 9.17) is 0 Å². The van der Waals surface area contributed by atoms with Crippen LogP contribution in [0.15, 0.2) is 83.7 Å². The molecule has 1 atom stereocenters. The van der Waals surface area contributed by atoms with Gasteiger partial charge in [-0.25, -0.2) is 4.98 Å². The minimum atomic E-state index is -0.118. The Morgan fingerprint density at radius 1 is 0.941 bits per heavy atom. The summed E-state index contributed by atoms with van der Waals surface area (Å²) in [5, 5.41) is 3.69. The number of nitrogens with zero attached hydrogens (tertiary/aromatic N) is 3. The molecule has 1 N–H and O–H groups in total. The topological polar surface area (TPSA) is 67.2 Å². The van der Waals surface area contributed by atoms with Gasteiger partial charge in [0.15, 0.2) is 0 Å². The first kappa shape index (κ1) is 22.0. The standard InChI is InChI=1S/C28H28N4O2/c1-20-30-25-12-6-5-11-24(25)28(34)32(20)23-15-13-22(14-16-23)27(33)29-19-26(31-17-7-8-18-31)21-9-3-2-4-10-21/h2-6,9-16,26H,7-8,17-19H2,1H3,(H,29,33)/t26-/m1/s1. The number of hydrogen-bond donors (Lipinski definition) is 1. The molecule has 1 fully saturated rings. The maximum absolute atomic E-state index is 13.0. The normalized spacial score (nSPS) is 14.9. The molecule has 2 heterocycles. The number of para-hydroxylation sites is 1. The molecule has 0 radical (unpaired) electrons. The van der Waals surface area contributed by atoms with Crippen LogP contribution < -0.4 is 10.9 Å². The third-order valence-corrected chi connectivity index (χ3v) is 6.55. The van der Waals surface area contributed by atoms with E-state index in [0.29, 0.717) is 34.5 Å². The van der Waals surface area contributed by atoms with Crippen molar-refractivity contribution in [3.05, 3.63) is 106 Å². The number of fused-ring (bicyclic) bond motifs is 1. The number of carbonyl (C=O) groups excluding carboxylic acids is 1. The average molecular weight is 453 g/mol. The summed E-state index contributed by atoms with van der Waals surface area (Å²) in [7, 11) is 0. The van der Waals surface area contributed by atoms with Crippen LogP contribution in [0.25, 0.3) is 16.6 Å². The predicted molar refractivity (Wildman–Crippen MR) is 134 cm³/mol. The molecule has 0 bridgehead atoms. The summed E-state index contributed by atoms with van der Waals surface area (Å²) in [6.07, 6.45) is 2.39. The number of carbonyl (C=O) groups is 1. The van der Waals surface area contributed by atoms with Crippen LogP contribution in [0.2, 0.25) is 0 Å². The molecule has 1 amide bonds. The van der Waals surface area contributed by atoms with E-state index >= 15 is 0 Å². The summed E-state index contributed by atoms with van der Waals surface area (Å²) in [6, 6.07) is 25.0. The zero-order valence-electron chi connectivity index (χ0n) is 19.3. The molecule has 172 valence electrons. The molecular weight excluding hydrogens is 424 g/mol. The highest BCUT2D eigenvalue weighted by Crippen LogP contribution is 2.24. The summed E-state index contributed by atoms with van der Waals surface area (Å²) in [6.45, 7) is 4.48.